The average Bonchev–Trinajstić information content (AvgIpc) is 3.12. The number of rotatable bonds is 7. The zero-order valence-electron chi connectivity index (χ0n) is 12.4. The van der Waals surface area contributed by atoms with Gasteiger partial charge in [0, 0.05) is 25.5 Å². The molecule has 0 aliphatic carbocycles. The Morgan fingerprint density at radius 3 is 2.74 bits per heavy atom. The Bertz CT molecular complexity index is 702. The summed E-state index contributed by atoms with van der Waals surface area (Å²) >= 11 is 1.59. The maximum atomic E-state index is 10.0. The smallest absolute Gasteiger partial charge is 0.237 e. The van der Waals surface area contributed by atoms with Gasteiger partial charge in [-0.3, -0.25) is 4.98 Å². The minimum absolute atomic E-state index is 0.470. The molecule has 0 radical (unpaired) electrons. The van der Waals surface area contributed by atoms with Crippen LogP contribution in [0.2, 0.25) is 0 Å². The van der Waals surface area contributed by atoms with Gasteiger partial charge in [0.15, 0.2) is 0 Å². The van der Waals surface area contributed by atoms with Crippen molar-refractivity contribution < 1.29 is 9.84 Å². The van der Waals surface area contributed by atoms with Crippen LogP contribution in [0.3, 0.4) is 0 Å². The minimum atomic E-state index is -0.472. The second-order valence-electron chi connectivity index (χ2n) is 4.99. The van der Waals surface area contributed by atoms with Crippen molar-refractivity contribution in [3.63, 3.8) is 0 Å². The number of aliphatic hydroxyl groups is 1. The van der Waals surface area contributed by atoms with E-state index in [0.29, 0.717) is 24.7 Å². The molecule has 1 unspecified atom stereocenters. The molecule has 6 heteroatoms. The van der Waals surface area contributed by atoms with Gasteiger partial charge >= 0.3 is 0 Å². The summed E-state index contributed by atoms with van der Waals surface area (Å²) in [6, 6.07) is 9.68. The first-order valence-electron chi connectivity index (χ1n) is 7.25. The Kier molecular flexibility index (Phi) is 5.31. The van der Waals surface area contributed by atoms with E-state index in [1.54, 1.807) is 29.9 Å². The number of thiophene rings is 1. The summed E-state index contributed by atoms with van der Waals surface area (Å²) in [5.41, 5.74) is 2.07. The van der Waals surface area contributed by atoms with Gasteiger partial charge < -0.3 is 15.2 Å². The van der Waals surface area contributed by atoms with E-state index in [1.165, 1.54) is 0 Å². The van der Waals surface area contributed by atoms with Gasteiger partial charge in [0.25, 0.3) is 0 Å². The number of nitrogens with one attached hydrogen (secondary N) is 1. The van der Waals surface area contributed by atoms with Gasteiger partial charge in [0.2, 0.25) is 5.88 Å². The Morgan fingerprint density at radius 1 is 1.17 bits per heavy atom. The SMILES string of the molecule is OC(CNCc1ccc(Oc2cnccn2)cc1)c1ccsc1. The minimum Gasteiger partial charge on any atom is -0.438 e. The number of aromatic nitrogens is 2. The third-order valence-corrected chi connectivity index (χ3v) is 3.98. The maximum Gasteiger partial charge on any atom is 0.237 e. The number of aliphatic hydroxyl groups excluding tert-OH is 1. The summed E-state index contributed by atoms with van der Waals surface area (Å²) in [5, 5.41) is 17.2. The van der Waals surface area contributed by atoms with Crippen LogP contribution in [0.25, 0.3) is 0 Å². The molecule has 0 bridgehead atoms. The molecule has 3 rings (SSSR count). The van der Waals surface area contributed by atoms with Crippen LogP contribution < -0.4 is 10.1 Å². The van der Waals surface area contributed by atoms with E-state index < -0.39 is 6.10 Å². The highest BCUT2D eigenvalue weighted by Gasteiger charge is 2.07. The van der Waals surface area contributed by atoms with E-state index in [0.717, 1.165) is 11.1 Å². The molecular formula is C17H17N3O2S. The summed E-state index contributed by atoms with van der Waals surface area (Å²) in [7, 11) is 0. The molecule has 0 spiro atoms. The van der Waals surface area contributed by atoms with Crippen LogP contribution >= 0.6 is 11.3 Å². The second kappa shape index (κ2) is 7.82. The standard InChI is InChI=1S/C17H17N3O2S/c21-16(14-5-8-23-12-14)10-19-9-13-1-3-15(4-2-13)22-17-11-18-6-7-20-17/h1-8,11-12,16,19,21H,9-10H2. The van der Waals surface area contributed by atoms with Gasteiger partial charge in [-0.05, 0) is 40.1 Å². The predicted molar refractivity (Wildman–Crippen MR) is 89.5 cm³/mol. The largest absolute Gasteiger partial charge is 0.438 e. The van der Waals surface area contributed by atoms with Crippen molar-refractivity contribution in [1.29, 1.82) is 0 Å². The van der Waals surface area contributed by atoms with Crippen LogP contribution in [0.5, 0.6) is 11.6 Å². The Morgan fingerprint density at radius 2 is 2.04 bits per heavy atom. The maximum absolute atomic E-state index is 10.0. The van der Waals surface area contributed by atoms with Crippen molar-refractivity contribution in [1.82, 2.24) is 15.3 Å². The predicted octanol–water partition coefficient (Wildman–Crippen LogP) is 3.15. The van der Waals surface area contributed by atoms with Crippen LogP contribution in [0.15, 0.2) is 59.7 Å². The van der Waals surface area contributed by atoms with E-state index in [4.69, 9.17) is 4.74 Å². The Labute approximate surface area is 138 Å². The number of hydrogen-bond donors (Lipinski definition) is 2. The zero-order chi connectivity index (χ0) is 15.9. The van der Waals surface area contributed by atoms with E-state index in [1.807, 2.05) is 41.1 Å². The molecule has 2 N–H and O–H groups in total. The molecule has 0 saturated carbocycles. The van der Waals surface area contributed by atoms with Crippen molar-refractivity contribution in [3.8, 4) is 11.6 Å². The quantitative estimate of drug-likeness (QED) is 0.698. The van der Waals surface area contributed by atoms with Crippen LogP contribution in [-0.2, 0) is 6.54 Å². The summed E-state index contributed by atoms with van der Waals surface area (Å²) < 4.78 is 5.59. The number of nitrogens with zero attached hydrogens (tertiary/aromatic N) is 2. The Hall–Kier alpha value is -2.28. The number of benzene rings is 1. The van der Waals surface area contributed by atoms with E-state index in [9.17, 15) is 5.11 Å². The summed E-state index contributed by atoms with van der Waals surface area (Å²) in [6.07, 6.45) is 4.29. The molecule has 2 aromatic heterocycles. The molecular weight excluding hydrogens is 310 g/mol. The molecule has 0 aliphatic rings. The lowest BCUT2D eigenvalue weighted by atomic mass is 10.2. The van der Waals surface area contributed by atoms with Crippen molar-refractivity contribution in [2.24, 2.45) is 0 Å². The van der Waals surface area contributed by atoms with Crippen LogP contribution in [-0.4, -0.2) is 21.6 Å². The fourth-order valence-electron chi connectivity index (χ4n) is 2.07. The third-order valence-electron chi connectivity index (χ3n) is 3.28. The fourth-order valence-corrected chi connectivity index (χ4v) is 2.78. The normalized spacial score (nSPS) is 12.0. The first kappa shape index (κ1) is 15.6. The second-order valence-corrected chi connectivity index (χ2v) is 5.77. The lowest BCUT2D eigenvalue weighted by molar-refractivity contribution is 0.175. The van der Waals surface area contributed by atoms with Gasteiger partial charge in [0.1, 0.15) is 5.75 Å². The van der Waals surface area contributed by atoms with E-state index in [-0.39, 0.29) is 0 Å². The van der Waals surface area contributed by atoms with Crippen molar-refractivity contribution in [3.05, 3.63) is 70.8 Å². The van der Waals surface area contributed by atoms with E-state index in [2.05, 4.69) is 15.3 Å². The monoisotopic (exact) mass is 327 g/mol. The molecule has 0 fully saturated rings. The highest BCUT2D eigenvalue weighted by atomic mass is 32.1. The molecule has 2 heterocycles. The first-order chi connectivity index (χ1) is 11.3. The molecule has 1 atom stereocenters. The fraction of sp³-hybridized carbons (Fsp3) is 0.176. The van der Waals surface area contributed by atoms with Crippen molar-refractivity contribution >= 4 is 11.3 Å². The van der Waals surface area contributed by atoms with E-state index >= 15 is 0 Å². The Balaban J connectivity index is 1.48. The molecule has 0 amide bonds. The summed E-state index contributed by atoms with van der Waals surface area (Å²) in [4.78, 5) is 8.02. The summed E-state index contributed by atoms with van der Waals surface area (Å²) in [6.45, 7) is 1.21. The molecule has 118 valence electrons. The lowest BCUT2D eigenvalue weighted by Gasteiger charge is -2.11. The molecule has 0 aliphatic heterocycles. The topological polar surface area (TPSA) is 67.3 Å². The zero-order valence-corrected chi connectivity index (χ0v) is 13.2. The highest BCUT2D eigenvalue weighted by molar-refractivity contribution is 7.07. The van der Waals surface area contributed by atoms with Gasteiger partial charge in [-0.2, -0.15) is 11.3 Å². The number of ether oxygens (including phenoxy) is 1. The first-order valence-corrected chi connectivity index (χ1v) is 8.19. The highest BCUT2D eigenvalue weighted by Crippen LogP contribution is 2.19. The molecule has 5 nitrogen and oxygen atoms in total. The molecule has 0 saturated heterocycles. The van der Waals surface area contributed by atoms with Crippen LogP contribution in [0, 0.1) is 0 Å². The molecule has 23 heavy (non-hydrogen) atoms. The van der Waals surface area contributed by atoms with Crippen LogP contribution in [0.4, 0.5) is 0 Å². The average molecular weight is 327 g/mol. The molecule has 3 aromatic rings. The van der Waals surface area contributed by atoms with Crippen molar-refractivity contribution in [2.45, 2.75) is 12.6 Å². The van der Waals surface area contributed by atoms with Gasteiger partial charge in [-0.15, -0.1) is 0 Å². The third kappa shape index (κ3) is 4.59. The molecule has 1 aromatic carbocycles. The van der Waals surface area contributed by atoms with Crippen molar-refractivity contribution in [2.75, 3.05) is 6.54 Å². The van der Waals surface area contributed by atoms with Gasteiger partial charge in [-0.1, -0.05) is 12.1 Å². The van der Waals surface area contributed by atoms with Gasteiger partial charge in [0.05, 0.1) is 12.3 Å². The summed E-state index contributed by atoms with van der Waals surface area (Å²) in [5.74, 6) is 1.19. The van der Waals surface area contributed by atoms with Gasteiger partial charge in [-0.25, -0.2) is 4.98 Å². The number of hydrogen-bond acceptors (Lipinski definition) is 6. The van der Waals surface area contributed by atoms with Crippen LogP contribution in [0.1, 0.15) is 17.2 Å². The lowest BCUT2D eigenvalue weighted by Crippen LogP contribution is -2.20.